The number of thiophene rings is 1. The van der Waals surface area contributed by atoms with Gasteiger partial charge in [0.05, 0.1) is 26.0 Å². The fraction of sp³-hybridized carbons (Fsp3) is 0.179. The molecule has 0 fully saturated rings. The van der Waals surface area contributed by atoms with Crippen molar-refractivity contribution < 1.29 is 14.3 Å². The summed E-state index contributed by atoms with van der Waals surface area (Å²) in [7, 11) is 3.21. The Morgan fingerprint density at radius 1 is 0.971 bits per heavy atom. The van der Waals surface area contributed by atoms with Crippen LogP contribution in [0.5, 0.6) is 11.8 Å². The predicted octanol–water partition coefficient (Wildman–Crippen LogP) is 6.26. The Morgan fingerprint density at radius 3 is 2.37 bits per heavy atom. The quantitative estimate of drug-likeness (QED) is 0.309. The third kappa shape index (κ3) is 4.55. The molecule has 6 nitrogen and oxygen atoms in total. The summed E-state index contributed by atoms with van der Waals surface area (Å²) in [5.41, 5.74) is 7.26. The number of hydrogen-bond acceptors (Lipinski definition) is 7. The Morgan fingerprint density at radius 2 is 1.74 bits per heavy atom. The van der Waals surface area contributed by atoms with Gasteiger partial charge in [-0.1, -0.05) is 18.2 Å². The Labute approximate surface area is 208 Å². The van der Waals surface area contributed by atoms with Gasteiger partial charge in [-0.2, -0.15) is 11.3 Å². The molecule has 35 heavy (non-hydrogen) atoms. The molecule has 0 saturated carbocycles. The number of ether oxygens (including phenoxy) is 2. The van der Waals surface area contributed by atoms with Crippen LogP contribution in [0.1, 0.15) is 36.1 Å². The lowest BCUT2D eigenvalue weighted by Gasteiger charge is -2.39. The monoisotopic (exact) mass is 483 g/mol. The molecule has 0 aliphatic carbocycles. The smallest absolute Gasteiger partial charge is 0.316 e. The number of rotatable bonds is 7. The number of hydrogen-bond donors (Lipinski definition) is 0. The van der Waals surface area contributed by atoms with E-state index in [0.29, 0.717) is 12.4 Å². The number of Topliss-reactive ketones (excluding diaryl/α,β-unsaturated/α-hetero) is 1. The van der Waals surface area contributed by atoms with Crippen molar-refractivity contribution in [1.29, 1.82) is 0 Å². The van der Waals surface area contributed by atoms with E-state index >= 15 is 0 Å². The molecule has 0 saturated heterocycles. The maximum atomic E-state index is 12.4. The molecule has 0 bridgehead atoms. The molecular weight excluding hydrogens is 458 g/mol. The van der Waals surface area contributed by atoms with Gasteiger partial charge >= 0.3 is 6.01 Å². The Bertz CT molecular complexity index is 1360. The summed E-state index contributed by atoms with van der Waals surface area (Å²) < 4.78 is 10.6. The minimum atomic E-state index is -0.160. The number of carbonyl (C=O) groups is 1. The highest BCUT2D eigenvalue weighted by Gasteiger charge is 2.32. The molecule has 0 spiro atoms. The van der Waals surface area contributed by atoms with E-state index in [9.17, 15) is 4.79 Å². The van der Waals surface area contributed by atoms with Gasteiger partial charge in [-0.25, -0.2) is 9.97 Å². The van der Waals surface area contributed by atoms with Crippen LogP contribution in [0.25, 0.3) is 22.9 Å². The SMILES string of the molecule is COc1ccc2c(c1)C(CC(C)=O)N(c1ccc(-c3cnc(OC)nc3)cc1)C(c1ccsc1)=C2. The van der Waals surface area contributed by atoms with E-state index in [1.165, 1.54) is 0 Å². The lowest BCUT2D eigenvalue weighted by atomic mass is 9.88. The van der Waals surface area contributed by atoms with E-state index in [1.807, 2.05) is 12.1 Å². The van der Waals surface area contributed by atoms with Crippen molar-refractivity contribution in [2.24, 2.45) is 0 Å². The number of benzene rings is 2. The second-order valence-electron chi connectivity index (χ2n) is 8.33. The van der Waals surface area contributed by atoms with E-state index in [4.69, 9.17) is 9.47 Å². The number of anilines is 1. The van der Waals surface area contributed by atoms with Crippen molar-refractivity contribution in [3.8, 4) is 22.9 Å². The van der Waals surface area contributed by atoms with E-state index in [2.05, 4.69) is 68.1 Å². The first-order valence-electron chi connectivity index (χ1n) is 11.2. The summed E-state index contributed by atoms with van der Waals surface area (Å²) >= 11 is 1.66. The predicted molar refractivity (Wildman–Crippen MR) is 140 cm³/mol. The van der Waals surface area contributed by atoms with E-state index in [-0.39, 0.29) is 11.8 Å². The Hall–Kier alpha value is -3.97. The highest BCUT2D eigenvalue weighted by molar-refractivity contribution is 7.08. The second kappa shape index (κ2) is 9.72. The van der Waals surface area contributed by atoms with Gasteiger partial charge < -0.3 is 14.4 Å². The molecule has 0 N–H and O–H groups in total. The standard InChI is InChI=1S/C28H25N3O3S/c1-18(32)12-27-25-14-24(33-2)9-6-20(25)13-26(21-10-11-35-17-21)31(27)23-7-4-19(5-8-23)22-15-29-28(34-3)30-16-22/h4-11,13-17,27H,12H2,1-3H3. The first-order valence-corrected chi connectivity index (χ1v) is 12.2. The van der Waals surface area contributed by atoms with Crippen LogP contribution >= 0.6 is 11.3 Å². The maximum absolute atomic E-state index is 12.4. The number of aromatic nitrogens is 2. The third-order valence-corrected chi connectivity index (χ3v) is 6.79. The molecule has 0 amide bonds. The maximum Gasteiger partial charge on any atom is 0.316 e. The van der Waals surface area contributed by atoms with Crippen molar-refractivity contribution in [3.05, 3.63) is 88.4 Å². The largest absolute Gasteiger partial charge is 0.497 e. The summed E-state index contributed by atoms with van der Waals surface area (Å²) in [6, 6.07) is 16.6. The van der Waals surface area contributed by atoms with Gasteiger partial charge in [0.2, 0.25) is 0 Å². The lowest BCUT2D eigenvalue weighted by Crippen LogP contribution is -2.31. The van der Waals surface area contributed by atoms with Crippen LogP contribution < -0.4 is 14.4 Å². The molecular formula is C28H25N3O3S. The topological polar surface area (TPSA) is 64.5 Å². The molecule has 2 aromatic heterocycles. The molecule has 3 heterocycles. The fourth-order valence-corrected chi connectivity index (χ4v) is 5.08. The van der Waals surface area contributed by atoms with E-state index < -0.39 is 0 Å². The number of fused-ring (bicyclic) bond motifs is 1. The van der Waals surface area contributed by atoms with Crippen LogP contribution in [0.2, 0.25) is 0 Å². The van der Waals surface area contributed by atoms with Gasteiger partial charge in [-0.3, -0.25) is 4.79 Å². The van der Waals surface area contributed by atoms with Crippen LogP contribution in [0, 0.1) is 0 Å². The van der Waals surface area contributed by atoms with E-state index in [0.717, 1.165) is 45.0 Å². The van der Waals surface area contributed by atoms with Crippen molar-refractivity contribution in [3.63, 3.8) is 0 Å². The van der Waals surface area contributed by atoms with Gasteiger partial charge in [0.15, 0.2) is 0 Å². The van der Waals surface area contributed by atoms with Crippen molar-refractivity contribution in [2.45, 2.75) is 19.4 Å². The minimum Gasteiger partial charge on any atom is -0.497 e. The van der Waals surface area contributed by atoms with Crippen LogP contribution in [-0.2, 0) is 4.79 Å². The van der Waals surface area contributed by atoms with Gasteiger partial charge in [0.25, 0.3) is 0 Å². The van der Waals surface area contributed by atoms with Crippen LogP contribution in [0.4, 0.5) is 5.69 Å². The fourth-order valence-electron chi connectivity index (χ4n) is 4.43. The number of ketones is 1. The number of nitrogens with zero attached hydrogens (tertiary/aromatic N) is 3. The van der Waals surface area contributed by atoms with Gasteiger partial charge in [0.1, 0.15) is 11.5 Å². The highest BCUT2D eigenvalue weighted by Crippen LogP contribution is 2.45. The third-order valence-electron chi connectivity index (χ3n) is 6.10. The summed E-state index contributed by atoms with van der Waals surface area (Å²) in [5.74, 6) is 0.909. The summed E-state index contributed by atoms with van der Waals surface area (Å²) in [4.78, 5) is 23.1. The summed E-state index contributed by atoms with van der Waals surface area (Å²) in [6.07, 6.45) is 6.08. The molecule has 1 aliphatic rings. The van der Waals surface area contributed by atoms with Crippen LogP contribution in [-0.4, -0.2) is 30.0 Å². The molecule has 7 heteroatoms. The van der Waals surface area contributed by atoms with Gasteiger partial charge in [-0.15, -0.1) is 0 Å². The zero-order valence-corrected chi connectivity index (χ0v) is 20.6. The van der Waals surface area contributed by atoms with Crippen molar-refractivity contribution >= 4 is 34.6 Å². The van der Waals surface area contributed by atoms with Crippen molar-refractivity contribution in [1.82, 2.24) is 9.97 Å². The first-order chi connectivity index (χ1) is 17.1. The van der Waals surface area contributed by atoms with Crippen molar-refractivity contribution in [2.75, 3.05) is 19.1 Å². The number of carbonyl (C=O) groups excluding carboxylic acids is 1. The Kier molecular flexibility index (Phi) is 6.33. The summed E-state index contributed by atoms with van der Waals surface area (Å²) in [6.45, 7) is 1.65. The summed E-state index contributed by atoms with van der Waals surface area (Å²) in [5, 5.41) is 4.21. The molecule has 1 atom stereocenters. The zero-order valence-electron chi connectivity index (χ0n) is 19.8. The normalized spacial score (nSPS) is 14.8. The van der Waals surface area contributed by atoms with Gasteiger partial charge in [0, 0.05) is 41.0 Å². The second-order valence-corrected chi connectivity index (χ2v) is 9.11. The molecule has 1 unspecified atom stereocenters. The van der Waals surface area contributed by atoms with Crippen LogP contribution in [0.15, 0.2) is 71.7 Å². The lowest BCUT2D eigenvalue weighted by molar-refractivity contribution is -0.117. The molecule has 2 aromatic carbocycles. The highest BCUT2D eigenvalue weighted by atomic mass is 32.1. The molecule has 5 rings (SSSR count). The van der Waals surface area contributed by atoms with Gasteiger partial charge in [-0.05, 0) is 65.4 Å². The van der Waals surface area contributed by atoms with Crippen LogP contribution in [0.3, 0.4) is 0 Å². The molecule has 4 aromatic rings. The van der Waals surface area contributed by atoms with E-state index in [1.54, 1.807) is 44.9 Å². The zero-order chi connectivity index (χ0) is 24.4. The number of methoxy groups -OCH3 is 2. The minimum absolute atomic E-state index is 0.132. The first kappa shape index (κ1) is 22.8. The molecule has 176 valence electrons. The molecule has 0 radical (unpaired) electrons. The Balaban J connectivity index is 1.61. The molecule has 1 aliphatic heterocycles. The average Bonchev–Trinajstić information content (AvgIpc) is 3.43. The average molecular weight is 484 g/mol.